The Kier molecular flexibility index (Phi) is 6.95. The van der Waals surface area contributed by atoms with Gasteiger partial charge in [0.1, 0.15) is 36.8 Å². The van der Waals surface area contributed by atoms with Crippen molar-refractivity contribution in [3.63, 3.8) is 0 Å². The van der Waals surface area contributed by atoms with Crippen LogP contribution in [0.2, 0.25) is 0 Å². The molecule has 2 N–H and O–H groups in total. The van der Waals surface area contributed by atoms with Crippen LogP contribution in [0.1, 0.15) is 17.2 Å². The topological polar surface area (TPSA) is 75.8 Å². The predicted molar refractivity (Wildman–Crippen MR) is 100 cm³/mol. The highest BCUT2D eigenvalue weighted by molar-refractivity contribution is 5.77. The van der Waals surface area contributed by atoms with Crippen molar-refractivity contribution in [2.45, 2.75) is 6.04 Å². The second-order valence-electron chi connectivity index (χ2n) is 6.58. The van der Waals surface area contributed by atoms with Crippen molar-refractivity contribution in [1.82, 2.24) is 5.32 Å². The number of carbonyl (C=O) groups excluding carboxylic acids is 1. The van der Waals surface area contributed by atoms with Crippen LogP contribution in [-0.4, -0.2) is 45.4 Å². The molecule has 28 heavy (non-hydrogen) atoms. The van der Waals surface area contributed by atoms with E-state index >= 15 is 0 Å². The predicted octanol–water partition coefficient (Wildman–Crippen LogP) is 0.849. The molecule has 0 saturated carbocycles. The van der Waals surface area contributed by atoms with E-state index in [1.807, 2.05) is 6.07 Å². The van der Waals surface area contributed by atoms with E-state index < -0.39 is 0 Å². The second-order valence-corrected chi connectivity index (χ2v) is 6.58. The van der Waals surface area contributed by atoms with Gasteiger partial charge in [0, 0.05) is 5.56 Å². The molecule has 2 aromatic carbocycles. The number of amides is 1. The molecule has 1 amide bonds. The monoisotopic (exact) mass is 384 g/mol. The fourth-order valence-electron chi connectivity index (χ4n) is 3.27. The van der Waals surface area contributed by atoms with Crippen LogP contribution in [-0.2, 0) is 9.53 Å². The van der Waals surface area contributed by atoms with E-state index in [2.05, 4.69) is 5.32 Å². The molecule has 0 unspecified atom stereocenters. The van der Waals surface area contributed by atoms with Crippen molar-refractivity contribution >= 4 is 5.91 Å². The smallest absolute Gasteiger partial charge is 0.258 e. The van der Waals surface area contributed by atoms with Crippen LogP contribution >= 0.6 is 0 Å². The van der Waals surface area contributed by atoms with Crippen molar-refractivity contribution in [3.8, 4) is 11.8 Å². The van der Waals surface area contributed by atoms with Gasteiger partial charge in [-0.25, -0.2) is 4.39 Å². The fraction of sp³-hybridized carbons (Fsp3) is 0.333. The number of hydrogen-bond acceptors (Lipinski definition) is 4. The maximum atomic E-state index is 13.3. The highest BCUT2D eigenvalue weighted by Gasteiger charge is 2.27. The number of carbonyl (C=O) groups is 1. The van der Waals surface area contributed by atoms with Gasteiger partial charge in [-0.2, -0.15) is 5.26 Å². The highest BCUT2D eigenvalue weighted by atomic mass is 19.1. The van der Waals surface area contributed by atoms with E-state index in [4.69, 9.17) is 14.7 Å². The van der Waals surface area contributed by atoms with Crippen molar-refractivity contribution in [3.05, 3.63) is 65.5 Å². The number of nitriles is 1. The summed E-state index contributed by atoms with van der Waals surface area (Å²) in [7, 11) is 0. The fourth-order valence-corrected chi connectivity index (χ4v) is 3.27. The van der Waals surface area contributed by atoms with Crippen molar-refractivity contribution in [2.75, 3.05) is 39.5 Å². The Balaban J connectivity index is 1.60. The number of halogens is 1. The molecule has 1 heterocycles. The first-order valence-corrected chi connectivity index (χ1v) is 9.24. The van der Waals surface area contributed by atoms with E-state index in [9.17, 15) is 9.18 Å². The number of ether oxygens (including phenoxy) is 2. The molecule has 0 aromatic heterocycles. The Bertz CT molecular complexity index is 830. The number of hydrogen-bond donors (Lipinski definition) is 2. The standard InChI is InChI=1S/C21H22FN3O3/c22-18-7-5-16(6-8-18)19(25-9-11-27-12-10-25)14-24-21(26)15-28-20-4-2-1-3-17(20)13-23/h1-8,19H,9-12,14-15H2,(H,24,26)/p+1/t19-/m0/s1. The van der Waals surface area contributed by atoms with Gasteiger partial charge in [-0.3, -0.25) is 4.79 Å². The number of nitrogens with one attached hydrogen (secondary N) is 2. The molecule has 1 aliphatic heterocycles. The van der Waals surface area contributed by atoms with Gasteiger partial charge in [0.05, 0.1) is 25.3 Å². The summed E-state index contributed by atoms with van der Waals surface area (Å²) in [5.41, 5.74) is 1.35. The molecule has 6 nitrogen and oxygen atoms in total. The van der Waals surface area contributed by atoms with Gasteiger partial charge in [-0.05, 0) is 24.3 Å². The number of morpholine rings is 1. The first-order valence-electron chi connectivity index (χ1n) is 9.24. The van der Waals surface area contributed by atoms with E-state index in [1.54, 1.807) is 36.4 Å². The van der Waals surface area contributed by atoms with Gasteiger partial charge in [0.15, 0.2) is 6.61 Å². The van der Waals surface area contributed by atoms with Crippen LogP contribution < -0.4 is 15.0 Å². The third-order valence-electron chi connectivity index (χ3n) is 4.77. The Morgan fingerprint density at radius 2 is 1.93 bits per heavy atom. The SMILES string of the molecule is N#Cc1ccccc1OCC(=O)NC[C@@H](c1ccc(F)cc1)[NH+]1CCOCC1. The molecule has 1 atom stereocenters. The Hall–Kier alpha value is -2.95. The molecular formula is C21H23FN3O3+. The van der Waals surface area contributed by atoms with Crippen LogP contribution in [0.5, 0.6) is 5.75 Å². The Morgan fingerprint density at radius 1 is 1.21 bits per heavy atom. The van der Waals surface area contributed by atoms with Gasteiger partial charge >= 0.3 is 0 Å². The first kappa shape index (κ1) is 19.8. The molecule has 0 aliphatic carbocycles. The average Bonchev–Trinajstić information content (AvgIpc) is 2.74. The Labute approximate surface area is 163 Å². The minimum atomic E-state index is -0.284. The van der Waals surface area contributed by atoms with Crippen LogP contribution in [0.4, 0.5) is 4.39 Å². The van der Waals surface area contributed by atoms with Crippen LogP contribution in [0.25, 0.3) is 0 Å². The number of rotatable bonds is 7. The summed E-state index contributed by atoms with van der Waals surface area (Å²) in [4.78, 5) is 13.6. The summed E-state index contributed by atoms with van der Waals surface area (Å²) in [6, 6.07) is 15.2. The number of benzene rings is 2. The zero-order chi connectivity index (χ0) is 19.8. The molecule has 0 bridgehead atoms. The normalized spacial score (nSPS) is 15.4. The summed E-state index contributed by atoms with van der Waals surface area (Å²) in [6.07, 6.45) is 0. The summed E-state index contributed by atoms with van der Waals surface area (Å²) in [5, 5.41) is 12.0. The number of nitrogens with zero attached hydrogens (tertiary/aromatic N) is 1. The maximum absolute atomic E-state index is 13.3. The molecule has 1 fully saturated rings. The molecular weight excluding hydrogens is 361 g/mol. The zero-order valence-corrected chi connectivity index (χ0v) is 15.5. The molecule has 3 rings (SSSR count). The van der Waals surface area contributed by atoms with E-state index in [-0.39, 0.29) is 24.4 Å². The largest absolute Gasteiger partial charge is 0.482 e. The summed E-state index contributed by atoms with van der Waals surface area (Å²) >= 11 is 0. The third kappa shape index (κ3) is 5.28. The number of para-hydroxylation sites is 1. The van der Waals surface area contributed by atoms with Crippen LogP contribution in [0, 0.1) is 17.1 Å². The number of quaternary nitrogens is 1. The molecule has 1 saturated heterocycles. The molecule has 7 heteroatoms. The molecule has 2 aromatic rings. The van der Waals surface area contributed by atoms with Gasteiger partial charge in [0.2, 0.25) is 0 Å². The Morgan fingerprint density at radius 3 is 2.64 bits per heavy atom. The lowest BCUT2D eigenvalue weighted by Gasteiger charge is -2.32. The average molecular weight is 384 g/mol. The lowest BCUT2D eigenvalue weighted by atomic mass is 10.0. The van der Waals surface area contributed by atoms with E-state index in [0.717, 1.165) is 18.7 Å². The zero-order valence-electron chi connectivity index (χ0n) is 15.5. The highest BCUT2D eigenvalue weighted by Crippen LogP contribution is 2.16. The quantitative estimate of drug-likeness (QED) is 0.742. The minimum Gasteiger partial charge on any atom is -0.482 e. The van der Waals surface area contributed by atoms with Gasteiger partial charge in [-0.1, -0.05) is 24.3 Å². The van der Waals surface area contributed by atoms with Crippen LogP contribution in [0.15, 0.2) is 48.5 Å². The maximum Gasteiger partial charge on any atom is 0.258 e. The minimum absolute atomic E-state index is 0.000144. The molecule has 1 aliphatic rings. The van der Waals surface area contributed by atoms with Crippen molar-refractivity contribution in [2.24, 2.45) is 0 Å². The summed E-state index contributed by atoms with van der Waals surface area (Å²) in [5.74, 6) is -0.172. The van der Waals surface area contributed by atoms with Gasteiger partial charge in [-0.15, -0.1) is 0 Å². The van der Waals surface area contributed by atoms with Crippen molar-refractivity contribution in [1.29, 1.82) is 5.26 Å². The molecule has 0 spiro atoms. The lowest BCUT2D eigenvalue weighted by Crippen LogP contribution is -3.15. The lowest BCUT2D eigenvalue weighted by molar-refractivity contribution is -0.937. The van der Waals surface area contributed by atoms with Crippen molar-refractivity contribution < 1.29 is 23.6 Å². The summed E-state index contributed by atoms with van der Waals surface area (Å²) in [6.45, 7) is 3.20. The van der Waals surface area contributed by atoms with Gasteiger partial charge in [0.25, 0.3) is 5.91 Å². The van der Waals surface area contributed by atoms with E-state index in [1.165, 1.54) is 17.0 Å². The molecule has 0 radical (unpaired) electrons. The van der Waals surface area contributed by atoms with E-state index in [0.29, 0.717) is 31.1 Å². The van der Waals surface area contributed by atoms with Crippen LogP contribution in [0.3, 0.4) is 0 Å². The summed E-state index contributed by atoms with van der Waals surface area (Å²) < 4.78 is 24.2. The first-order chi connectivity index (χ1) is 13.7. The molecule has 146 valence electrons. The van der Waals surface area contributed by atoms with Gasteiger partial charge < -0.3 is 19.7 Å². The third-order valence-corrected chi connectivity index (χ3v) is 4.77. The second kappa shape index (κ2) is 9.83.